The summed E-state index contributed by atoms with van der Waals surface area (Å²) < 4.78 is 0. The van der Waals surface area contributed by atoms with Gasteiger partial charge in [-0.25, -0.2) is 0 Å². The molecule has 1 aliphatic carbocycles. The average molecular weight is 332 g/mol. The molecule has 1 aliphatic heterocycles. The molecule has 4 heteroatoms. The monoisotopic (exact) mass is 332 g/mol. The summed E-state index contributed by atoms with van der Waals surface area (Å²) in [5.41, 5.74) is 4.63. The standard InChI is InChI=1S/C21H20N2O2/c1-14-7-9-16(10-8-14)23-18-5-2-6-19(24)21(18)17(12-20(23)25)15-4-3-11-22-13-15/h3-4,7-11,13,17H,2,5-6,12H2,1H3. The van der Waals surface area contributed by atoms with Gasteiger partial charge in [0.25, 0.3) is 0 Å². The molecule has 25 heavy (non-hydrogen) atoms. The fraction of sp³-hybridized carbons (Fsp3) is 0.286. The first-order valence-electron chi connectivity index (χ1n) is 8.71. The molecule has 0 radical (unpaired) electrons. The normalized spacial score (nSPS) is 20.7. The van der Waals surface area contributed by atoms with Gasteiger partial charge in [-0.3, -0.25) is 19.5 Å². The number of ketones is 1. The van der Waals surface area contributed by atoms with Crippen LogP contribution in [0.1, 0.15) is 42.7 Å². The Morgan fingerprint density at radius 1 is 1.08 bits per heavy atom. The molecule has 126 valence electrons. The molecule has 1 unspecified atom stereocenters. The molecule has 1 amide bonds. The van der Waals surface area contributed by atoms with Crippen LogP contribution >= 0.6 is 0 Å². The molecule has 2 aromatic rings. The minimum atomic E-state index is -0.175. The number of rotatable bonds is 2. The van der Waals surface area contributed by atoms with Crippen LogP contribution in [0.2, 0.25) is 0 Å². The highest BCUT2D eigenvalue weighted by Crippen LogP contribution is 2.43. The zero-order valence-corrected chi connectivity index (χ0v) is 14.2. The maximum Gasteiger partial charge on any atom is 0.232 e. The van der Waals surface area contributed by atoms with Gasteiger partial charge in [0.2, 0.25) is 5.91 Å². The summed E-state index contributed by atoms with van der Waals surface area (Å²) in [6.45, 7) is 2.02. The maximum atomic E-state index is 13.0. The second-order valence-electron chi connectivity index (χ2n) is 6.74. The van der Waals surface area contributed by atoms with Gasteiger partial charge in [-0.2, -0.15) is 0 Å². The van der Waals surface area contributed by atoms with Crippen molar-refractivity contribution in [2.45, 2.75) is 38.5 Å². The Labute approximate surface area is 147 Å². The van der Waals surface area contributed by atoms with Crippen molar-refractivity contribution in [1.29, 1.82) is 0 Å². The number of carbonyl (C=O) groups excluding carboxylic acids is 2. The Morgan fingerprint density at radius 2 is 1.88 bits per heavy atom. The summed E-state index contributed by atoms with van der Waals surface area (Å²) in [5, 5.41) is 0. The minimum absolute atomic E-state index is 0.0474. The fourth-order valence-electron chi connectivity index (χ4n) is 3.85. The highest BCUT2D eigenvalue weighted by Gasteiger charge is 2.39. The van der Waals surface area contributed by atoms with Gasteiger partial charge in [-0.05, 0) is 43.5 Å². The van der Waals surface area contributed by atoms with Crippen LogP contribution < -0.4 is 4.90 Å². The Bertz CT molecular complexity index is 853. The van der Waals surface area contributed by atoms with E-state index in [0.717, 1.165) is 40.9 Å². The van der Waals surface area contributed by atoms with Crippen LogP contribution in [0.3, 0.4) is 0 Å². The number of aromatic nitrogens is 1. The van der Waals surface area contributed by atoms with Crippen molar-refractivity contribution in [3.05, 3.63) is 71.2 Å². The van der Waals surface area contributed by atoms with E-state index in [-0.39, 0.29) is 17.6 Å². The zero-order valence-electron chi connectivity index (χ0n) is 14.2. The third-order valence-corrected chi connectivity index (χ3v) is 5.05. The maximum absolute atomic E-state index is 13.0. The summed E-state index contributed by atoms with van der Waals surface area (Å²) in [5.74, 6) is 0.0385. The number of aryl methyl sites for hydroxylation is 1. The summed E-state index contributed by atoms with van der Waals surface area (Å²) >= 11 is 0. The van der Waals surface area contributed by atoms with Gasteiger partial charge in [0.1, 0.15) is 0 Å². The van der Waals surface area contributed by atoms with Crippen LogP contribution in [0, 0.1) is 6.92 Å². The Morgan fingerprint density at radius 3 is 2.60 bits per heavy atom. The molecule has 0 spiro atoms. The molecular formula is C21H20N2O2. The number of carbonyl (C=O) groups is 2. The number of nitrogens with zero attached hydrogens (tertiary/aromatic N) is 2. The lowest BCUT2D eigenvalue weighted by Crippen LogP contribution is -2.40. The number of pyridine rings is 1. The van der Waals surface area contributed by atoms with Crippen LogP contribution in [0.25, 0.3) is 0 Å². The second-order valence-corrected chi connectivity index (χ2v) is 6.74. The molecule has 0 N–H and O–H groups in total. The molecule has 2 heterocycles. The second kappa shape index (κ2) is 6.28. The largest absolute Gasteiger partial charge is 0.294 e. The topological polar surface area (TPSA) is 50.3 Å². The quantitative estimate of drug-likeness (QED) is 0.837. The van der Waals surface area contributed by atoms with Crippen molar-refractivity contribution in [2.24, 2.45) is 0 Å². The highest BCUT2D eigenvalue weighted by atomic mass is 16.2. The van der Waals surface area contributed by atoms with Crippen LogP contribution in [-0.2, 0) is 9.59 Å². The molecule has 0 bridgehead atoms. The Hall–Kier alpha value is -2.75. The van der Waals surface area contributed by atoms with Gasteiger partial charge in [0.15, 0.2) is 5.78 Å². The fourth-order valence-corrected chi connectivity index (χ4v) is 3.85. The molecule has 1 atom stereocenters. The van der Waals surface area contributed by atoms with Gasteiger partial charge in [-0.15, -0.1) is 0 Å². The number of allylic oxidation sites excluding steroid dienone is 2. The summed E-state index contributed by atoms with van der Waals surface area (Å²) in [6.07, 6.45) is 5.91. The van der Waals surface area contributed by atoms with E-state index in [2.05, 4.69) is 4.98 Å². The summed E-state index contributed by atoms with van der Waals surface area (Å²) in [4.78, 5) is 31.7. The van der Waals surface area contributed by atoms with E-state index in [1.807, 2.05) is 43.3 Å². The number of Topliss-reactive ketones (excluding diaryl/α,β-unsaturated/α-hetero) is 1. The average Bonchev–Trinajstić information content (AvgIpc) is 2.63. The minimum Gasteiger partial charge on any atom is -0.294 e. The molecule has 2 aliphatic rings. The van der Waals surface area contributed by atoms with Crippen molar-refractivity contribution >= 4 is 17.4 Å². The highest BCUT2D eigenvalue weighted by molar-refractivity contribution is 6.07. The Kier molecular flexibility index (Phi) is 3.96. The first kappa shape index (κ1) is 15.8. The van der Waals surface area contributed by atoms with Crippen molar-refractivity contribution in [1.82, 2.24) is 4.98 Å². The van der Waals surface area contributed by atoms with Gasteiger partial charge in [0, 0.05) is 48.1 Å². The molecule has 0 saturated carbocycles. The van der Waals surface area contributed by atoms with Crippen LogP contribution in [0.5, 0.6) is 0 Å². The smallest absolute Gasteiger partial charge is 0.232 e. The lowest BCUT2D eigenvalue weighted by Gasteiger charge is -2.38. The van der Waals surface area contributed by atoms with Crippen molar-refractivity contribution < 1.29 is 9.59 Å². The predicted molar refractivity (Wildman–Crippen MR) is 96.1 cm³/mol. The molecule has 4 rings (SSSR count). The van der Waals surface area contributed by atoms with Gasteiger partial charge in [-0.1, -0.05) is 23.8 Å². The van der Waals surface area contributed by atoms with Gasteiger partial charge < -0.3 is 0 Å². The SMILES string of the molecule is Cc1ccc(N2C(=O)CC(c3cccnc3)C3=C2CCCC3=O)cc1. The van der Waals surface area contributed by atoms with E-state index in [1.165, 1.54) is 0 Å². The lowest BCUT2D eigenvalue weighted by molar-refractivity contribution is -0.119. The molecular weight excluding hydrogens is 312 g/mol. The number of hydrogen-bond acceptors (Lipinski definition) is 3. The van der Waals surface area contributed by atoms with Crippen molar-refractivity contribution in [2.75, 3.05) is 4.90 Å². The van der Waals surface area contributed by atoms with E-state index in [1.54, 1.807) is 17.3 Å². The third kappa shape index (κ3) is 2.78. The first-order chi connectivity index (χ1) is 12.1. The molecule has 4 nitrogen and oxygen atoms in total. The van der Waals surface area contributed by atoms with Crippen molar-refractivity contribution in [3.8, 4) is 0 Å². The lowest BCUT2D eigenvalue weighted by atomic mass is 9.77. The zero-order chi connectivity index (χ0) is 17.4. The van der Waals surface area contributed by atoms with Crippen LogP contribution in [0.15, 0.2) is 60.1 Å². The Balaban J connectivity index is 1.85. The van der Waals surface area contributed by atoms with Crippen LogP contribution in [-0.4, -0.2) is 16.7 Å². The summed E-state index contributed by atoms with van der Waals surface area (Å²) in [7, 11) is 0. The third-order valence-electron chi connectivity index (χ3n) is 5.05. The molecule has 1 aromatic heterocycles. The number of amides is 1. The first-order valence-corrected chi connectivity index (χ1v) is 8.71. The van der Waals surface area contributed by atoms with E-state index in [4.69, 9.17) is 0 Å². The van der Waals surface area contributed by atoms with Crippen molar-refractivity contribution in [3.63, 3.8) is 0 Å². The van der Waals surface area contributed by atoms with E-state index < -0.39 is 0 Å². The van der Waals surface area contributed by atoms with Gasteiger partial charge in [0.05, 0.1) is 0 Å². The molecule has 1 aromatic carbocycles. The number of benzene rings is 1. The van der Waals surface area contributed by atoms with E-state index in [0.29, 0.717) is 12.8 Å². The number of anilines is 1. The van der Waals surface area contributed by atoms with Gasteiger partial charge >= 0.3 is 0 Å². The molecule has 0 fully saturated rings. The molecule has 0 saturated heterocycles. The van der Waals surface area contributed by atoms with E-state index >= 15 is 0 Å². The van der Waals surface area contributed by atoms with E-state index in [9.17, 15) is 9.59 Å². The summed E-state index contributed by atoms with van der Waals surface area (Å²) in [6, 6.07) is 11.7. The van der Waals surface area contributed by atoms with Crippen LogP contribution in [0.4, 0.5) is 5.69 Å². The predicted octanol–water partition coefficient (Wildman–Crippen LogP) is 3.92. The number of hydrogen-bond donors (Lipinski definition) is 0.